The number of carbonyl (C=O) groups is 1. The Kier molecular flexibility index (Phi) is 2.43. The second-order valence-corrected chi connectivity index (χ2v) is 4.80. The number of aromatic nitrogens is 2. The molecule has 2 fully saturated rings. The number of rotatable bonds is 2. The Morgan fingerprint density at radius 2 is 2.35 bits per heavy atom. The fourth-order valence-corrected chi connectivity index (χ4v) is 2.82. The van der Waals surface area contributed by atoms with Crippen molar-refractivity contribution in [3.63, 3.8) is 0 Å². The average molecular weight is 235 g/mol. The van der Waals surface area contributed by atoms with E-state index in [0.29, 0.717) is 13.2 Å². The van der Waals surface area contributed by atoms with Gasteiger partial charge in [-0.3, -0.25) is 9.48 Å². The number of aryl methyl sites for hydroxylation is 1. The van der Waals surface area contributed by atoms with Gasteiger partial charge >= 0.3 is 0 Å². The molecule has 1 spiro atoms. The molecule has 0 saturated carbocycles. The lowest BCUT2D eigenvalue weighted by Gasteiger charge is -2.50. The maximum atomic E-state index is 11.9. The van der Waals surface area contributed by atoms with Crippen LogP contribution in [0, 0.1) is 5.41 Å². The molecular weight excluding hydrogens is 218 g/mol. The lowest BCUT2D eigenvalue weighted by Crippen LogP contribution is -2.62. The van der Waals surface area contributed by atoms with Gasteiger partial charge in [0, 0.05) is 31.5 Å². The summed E-state index contributed by atoms with van der Waals surface area (Å²) < 4.78 is 7.25. The first-order valence-corrected chi connectivity index (χ1v) is 6.17. The van der Waals surface area contributed by atoms with Gasteiger partial charge < -0.3 is 10.1 Å². The zero-order valence-electron chi connectivity index (χ0n) is 9.98. The molecule has 1 atom stereocenters. The van der Waals surface area contributed by atoms with Crippen LogP contribution >= 0.6 is 0 Å². The molecule has 17 heavy (non-hydrogen) atoms. The van der Waals surface area contributed by atoms with Gasteiger partial charge in [0.1, 0.15) is 0 Å². The van der Waals surface area contributed by atoms with Gasteiger partial charge in [0.25, 0.3) is 0 Å². The van der Waals surface area contributed by atoms with E-state index in [9.17, 15) is 4.79 Å². The zero-order chi connectivity index (χ0) is 11.9. The average Bonchev–Trinajstić information content (AvgIpc) is 2.85. The van der Waals surface area contributed by atoms with E-state index < -0.39 is 0 Å². The highest BCUT2D eigenvalue weighted by atomic mass is 16.5. The molecule has 1 amide bonds. The second kappa shape index (κ2) is 3.84. The Balaban J connectivity index is 1.86. The fourth-order valence-electron chi connectivity index (χ4n) is 2.82. The Bertz CT molecular complexity index is 435. The van der Waals surface area contributed by atoms with Crippen LogP contribution in [0.15, 0.2) is 12.4 Å². The first kappa shape index (κ1) is 10.8. The number of hydrogen-bond acceptors (Lipinski definition) is 3. The van der Waals surface area contributed by atoms with E-state index in [4.69, 9.17) is 4.74 Å². The van der Waals surface area contributed by atoms with Crippen molar-refractivity contribution in [1.29, 1.82) is 0 Å². The molecule has 2 aliphatic heterocycles. The molecule has 3 heterocycles. The van der Waals surface area contributed by atoms with Crippen molar-refractivity contribution >= 4 is 5.91 Å². The van der Waals surface area contributed by atoms with E-state index >= 15 is 0 Å². The Morgan fingerprint density at radius 3 is 2.94 bits per heavy atom. The third-order valence-electron chi connectivity index (χ3n) is 3.98. The van der Waals surface area contributed by atoms with Crippen LogP contribution in [0.3, 0.4) is 0 Å². The van der Waals surface area contributed by atoms with Crippen molar-refractivity contribution in [2.24, 2.45) is 5.41 Å². The largest absolute Gasteiger partial charge is 0.381 e. The van der Waals surface area contributed by atoms with Crippen LogP contribution < -0.4 is 5.32 Å². The van der Waals surface area contributed by atoms with Crippen LogP contribution in [-0.2, 0) is 16.1 Å². The van der Waals surface area contributed by atoms with Crippen LogP contribution in [-0.4, -0.2) is 28.9 Å². The van der Waals surface area contributed by atoms with E-state index in [1.807, 2.05) is 17.1 Å². The number of nitrogens with zero attached hydrogens (tertiary/aromatic N) is 2. The minimum Gasteiger partial charge on any atom is -0.381 e. The first-order chi connectivity index (χ1) is 8.26. The SMILES string of the molecule is CCn1cc([C@@H]2NC(=O)C23CCOCC3)cn1. The number of carbonyl (C=O) groups excluding carboxylic acids is 1. The van der Waals surface area contributed by atoms with Crippen LogP contribution in [0.4, 0.5) is 0 Å². The number of nitrogens with one attached hydrogen (secondary N) is 1. The quantitative estimate of drug-likeness (QED) is 0.774. The molecule has 0 radical (unpaired) electrons. The van der Waals surface area contributed by atoms with Crippen molar-refractivity contribution < 1.29 is 9.53 Å². The van der Waals surface area contributed by atoms with E-state index in [1.165, 1.54) is 0 Å². The van der Waals surface area contributed by atoms with E-state index in [0.717, 1.165) is 24.9 Å². The smallest absolute Gasteiger partial charge is 0.229 e. The van der Waals surface area contributed by atoms with Crippen molar-refractivity contribution in [2.75, 3.05) is 13.2 Å². The van der Waals surface area contributed by atoms with Crippen molar-refractivity contribution in [1.82, 2.24) is 15.1 Å². The molecule has 3 rings (SSSR count). The van der Waals surface area contributed by atoms with Crippen LogP contribution in [0.25, 0.3) is 0 Å². The summed E-state index contributed by atoms with van der Waals surface area (Å²) in [6.45, 7) is 4.29. The van der Waals surface area contributed by atoms with Crippen LogP contribution in [0.5, 0.6) is 0 Å². The molecule has 0 unspecified atom stereocenters. The Labute approximate surface area is 100 Å². The zero-order valence-corrected chi connectivity index (χ0v) is 9.98. The predicted octanol–water partition coefficient (Wildman–Crippen LogP) is 0.871. The van der Waals surface area contributed by atoms with Crippen LogP contribution in [0.2, 0.25) is 0 Å². The third-order valence-corrected chi connectivity index (χ3v) is 3.98. The maximum absolute atomic E-state index is 11.9. The Morgan fingerprint density at radius 1 is 1.59 bits per heavy atom. The van der Waals surface area contributed by atoms with Gasteiger partial charge in [-0.25, -0.2) is 0 Å². The van der Waals surface area contributed by atoms with Gasteiger partial charge in [-0.1, -0.05) is 0 Å². The number of amides is 1. The number of hydrogen-bond donors (Lipinski definition) is 1. The summed E-state index contributed by atoms with van der Waals surface area (Å²) in [5.74, 6) is 0.176. The van der Waals surface area contributed by atoms with E-state index in [-0.39, 0.29) is 17.4 Å². The molecular formula is C12H17N3O2. The topological polar surface area (TPSA) is 56.2 Å². The highest BCUT2D eigenvalue weighted by Gasteiger charge is 2.56. The van der Waals surface area contributed by atoms with Gasteiger partial charge in [-0.05, 0) is 19.8 Å². The molecule has 0 bridgehead atoms. The summed E-state index contributed by atoms with van der Waals surface area (Å²) in [4.78, 5) is 11.9. The summed E-state index contributed by atoms with van der Waals surface area (Å²) in [6, 6.07) is 0.124. The van der Waals surface area contributed by atoms with Gasteiger partial charge in [0.05, 0.1) is 17.7 Å². The molecule has 0 aromatic carbocycles. The summed E-state index contributed by atoms with van der Waals surface area (Å²) in [6.07, 6.45) is 5.54. The van der Waals surface area contributed by atoms with Gasteiger partial charge in [0.15, 0.2) is 0 Å². The normalized spacial score (nSPS) is 26.6. The molecule has 0 aliphatic carbocycles. The van der Waals surface area contributed by atoms with E-state index in [2.05, 4.69) is 17.3 Å². The third kappa shape index (κ3) is 1.49. The standard InChI is InChI=1S/C12H17N3O2/c1-2-15-8-9(7-13-15)10-12(11(16)14-10)3-5-17-6-4-12/h7-8,10H,2-6H2,1H3,(H,14,16)/t10-/m0/s1. The fraction of sp³-hybridized carbons (Fsp3) is 0.667. The summed E-state index contributed by atoms with van der Waals surface area (Å²) >= 11 is 0. The predicted molar refractivity (Wildman–Crippen MR) is 61.3 cm³/mol. The van der Waals surface area contributed by atoms with Crippen LogP contribution in [0.1, 0.15) is 31.4 Å². The summed E-state index contributed by atoms with van der Waals surface area (Å²) in [7, 11) is 0. The molecule has 92 valence electrons. The van der Waals surface area contributed by atoms with Crippen molar-refractivity contribution in [3.05, 3.63) is 18.0 Å². The molecule has 1 aromatic heterocycles. The number of ether oxygens (including phenoxy) is 1. The number of β-lactam (4-membered cyclic amide) rings is 1. The van der Waals surface area contributed by atoms with Crippen molar-refractivity contribution in [3.8, 4) is 0 Å². The molecule has 2 aliphatic rings. The highest BCUT2D eigenvalue weighted by Crippen LogP contribution is 2.49. The first-order valence-electron chi connectivity index (χ1n) is 6.17. The maximum Gasteiger partial charge on any atom is 0.229 e. The van der Waals surface area contributed by atoms with Gasteiger partial charge in [-0.2, -0.15) is 5.10 Å². The van der Waals surface area contributed by atoms with Crippen molar-refractivity contribution in [2.45, 2.75) is 32.4 Å². The summed E-state index contributed by atoms with van der Waals surface area (Å²) in [5, 5.41) is 7.28. The summed E-state index contributed by atoms with van der Waals surface area (Å²) in [5.41, 5.74) is 0.883. The Hall–Kier alpha value is -1.36. The lowest BCUT2D eigenvalue weighted by molar-refractivity contribution is -0.155. The molecule has 5 heteroatoms. The van der Waals surface area contributed by atoms with E-state index in [1.54, 1.807) is 0 Å². The van der Waals surface area contributed by atoms with Gasteiger partial charge in [0.2, 0.25) is 5.91 Å². The monoisotopic (exact) mass is 235 g/mol. The highest BCUT2D eigenvalue weighted by molar-refractivity contribution is 5.90. The molecule has 2 saturated heterocycles. The molecule has 1 aromatic rings. The minimum atomic E-state index is -0.236. The molecule has 1 N–H and O–H groups in total. The lowest BCUT2D eigenvalue weighted by atomic mass is 9.65. The van der Waals surface area contributed by atoms with Gasteiger partial charge in [-0.15, -0.1) is 0 Å². The molecule has 5 nitrogen and oxygen atoms in total. The minimum absolute atomic E-state index is 0.124. The second-order valence-electron chi connectivity index (χ2n) is 4.80.